The van der Waals surface area contributed by atoms with E-state index >= 15 is 0 Å². The lowest BCUT2D eigenvalue weighted by molar-refractivity contribution is 0.308. The molecule has 0 rings (SSSR count). The molecule has 0 heterocycles. The van der Waals surface area contributed by atoms with Crippen LogP contribution in [0, 0.1) is 0 Å². The summed E-state index contributed by atoms with van der Waals surface area (Å²) in [5.74, 6) is 0. The lowest BCUT2D eigenvalue weighted by atomic mass is 11.2. The Balaban J connectivity index is 4.42. The predicted octanol–water partition coefficient (Wildman–Crippen LogP) is 3.42. The van der Waals surface area contributed by atoms with Crippen LogP contribution in [0.5, 0.6) is 0 Å². The molecule has 0 spiro atoms. The van der Waals surface area contributed by atoms with Crippen LogP contribution < -0.4 is 0 Å². The monoisotopic (exact) mass is 264 g/mol. The van der Waals surface area contributed by atoms with E-state index in [9.17, 15) is 0 Å². The van der Waals surface area contributed by atoms with E-state index in [2.05, 4.69) is 39.3 Å². The largest absolute Gasteiger partial charge is 0.528 e. The molecule has 15 heavy (non-hydrogen) atoms. The minimum absolute atomic E-state index is 1.46. The van der Waals surface area contributed by atoms with Crippen molar-refractivity contribution in [2.24, 2.45) is 0 Å². The maximum absolute atomic E-state index is 6.08. The molecule has 0 saturated heterocycles. The normalized spacial score (nSPS) is 13.8. The van der Waals surface area contributed by atoms with Crippen molar-refractivity contribution < 1.29 is 12.7 Å². The zero-order valence-corrected chi connectivity index (χ0v) is 14.0. The molecule has 0 unspecified atom stereocenters. The average Bonchev–Trinajstić information content (AvgIpc) is 1.74. The highest BCUT2D eigenvalue weighted by molar-refractivity contribution is 6.86. The molecule has 0 aliphatic heterocycles. The van der Waals surface area contributed by atoms with Gasteiger partial charge >= 0.3 is 17.1 Å². The smallest absolute Gasteiger partial charge is 0.383 e. The van der Waals surface area contributed by atoms with Gasteiger partial charge < -0.3 is 12.7 Å². The lowest BCUT2D eigenvalue weighted by Crippen LogP contribution is -2.52. The Hall–Kier alpha value is 0.111. The van der Waals surface area contributed by atoms with Crippen LogP contribution in [0.2, 0.25) is 45.8 Å². The molecule has 0 radical (unpaired) electrons. The van der Waals surface area contributed by atoms with Gasteiger partial charge in [-0.15, -0.1) is 0 Å². The molecule has 3 nitrogen and oxygen atoms in total. The van der Waals surface area contributed by atoms with E-state index < -0.39 is 25.4 Å². The fourth-order valence-electron chi connectivity index (χ4n) is 1.57. The first-order valence-electron chi connectivity index (χ1n) is 5.16. The van der Waals surface area contributed by atoms with Crippen LogP contribution in [0.3, 0.4) is 0 Å². The summed E-state index contributed by atoms with van der Waals surface area (Å²) in [5, 5.41) is 0. The molecule has 0 N–H and O–H groups in total. The van der Waals surface area contributed by atoms with Gasteiger partial charge in [0.15, 0.2) is 8.32 Å². The molecule has 0 fully saturated rings. The van der Waals surface area contributed by atoms with Crippen LogP contribution in [0.15, 0.2) is 12.8 Å². The van der Waals surface area contributed by atoms with Gasteiger partial charge in [0.05, 0.1) is 6.26 Å². The van der Waals surface area contributed by atoms with E-state index in [0.29, 0.717) is 0 Å². The maximum atomic E-state index is 6.08. The first-order chi connectivity index (χ1) is 6.47. The minimum atomic E-state index is -2.10. The maximum Gasteiger partial charge on any atom is 0.383 e. The number of hydrogen-bond acceptors (Lipinski definition) is 3. The van der Waals surface area contributed by atoms with E-state index in [0.717, 1.165) is 0 Å². The summed E-state index contributed by atoms with van der Waals surface area (Å²) in [4.78, 5) is 0. The van der Waals surface area contributed by atoms with Gasteiger partial charge in [-0.25, -0.2) is 0 Å². The second-order valence-electron chi connectivity index (χ2n) is 5.40. The molecule has 0 saturated carbocycles. The number of rotatable bonds is 6. The minimum Gasteiger partial charge on any atom is -0.528 e. The molecular weight excluding hydrogens is 240 g/mol. The molecule has 0 aliphatic rings. The van der Waals surface area contributed by atoms with Crippen molar-refractivity contribution in [1.82, 2.24) is 0 Å². The van der Waals surface area contributed by atoms with Gasteiger partial charge in [0, 0.05) is 0 Å². The highest BCUT2D eigenvalue weighted by atomic mass is 28.5. The molecule has 0 aromatic carbocycles. The molecule has 0 aromatic heterocycles. The molecular formula is C9H24O3Si3. The SMILES string of the molecule is C=CO[Si](C)(C)O[Si](C)(C)O[Si](C)(C)C. The van der Waals surface area contributed by atoms with Crippen LogP contribution >= 0.6 is 0 Å². The second-order valence-corrected chi connectivity index (χ2v) is 17.1. The highest BCUT2D eigenvalue weighted by Gasteiger charge is 2.39. The molecule has 0 atom stereocenters. The van der Waals surface area contributed by atoms with E-state index in [4.69, 9.17) is 12.7 Å². The van der Waals surface area contributed by atoms with Crippen molar-refractivity contribution in [2.75, 3.05) is 0 Å². The fourth-order valence-corrected chi connectivity index (χ4v) is 13.3. The fraction of sp³-hybridized carbons (Fsp3) is 0.778. The summed E-state index contributed by atoms with van der Waals surface area (Å²) in [6.07, 6.45) is 1.46. The average molecular weight is 265 g/mol. The van der Waals surface area contributed by atoms with Crippen molar-refractivity contribution >= 4 is 25.4 Å². The van der Waals surface area contributed by atoms with Crippen LogP contribution in [0.25, 0.3) is 0 Å². The summed E-state index contributed by atoms with van der Waals surface area (Å²) in [7, 11) is -5.70. The lowest BCUT2D eigenvalue weighted by Gasteiger charge is -2.36. The van der Waals surface area contributed by atoms with Crippen molar-refractivity contribution in [2.45, 2.75) is 45.8 Å². The van der Waals surface area contributed by atoms with E-state index in [1.165, 1.54) is 6.26 Å². The van der Waals surface area contributed by atoms with E-state index in [1.54, 1.807) is 0 Å². The molecule has 0 amide bonds. The predicted molar refractivity (Wildman–Crippen MR) is 71.8 cm³/mol. The van der Waals surface area contributed by atoms with Gasteiger partial charge in [-0.2, -0.15) is 0 Å². The Labute approximate surface area is 97.1 Å². The molecule has 0 aliphatic carbocycles. The summed E-state index contributed by atoms with van der Waals surface area (Å²) in [6, 6.07) is 0. The van der Waals surface area contributed by atoms with Crippen LogP contribution in [-0.2, 0) is 12.7 Å². The Morgan fingerprint density at radius 1 is 0.800 bits per heavy atom. The molecule has 0 bridgehead atoms. The first kappa shape index (κ1) is 15.1. The van der Waals surface area contributed by atoms with Gasteiger partial charge in [-0.05, 0) is 45.8 Å². The van der Waals surface area contributed by atoms with Crippen molar-refractivity contribution in [3.63, 3.8) is 0 Å². The first-order valence-corrected chi connectivity index (χ1v) is 14.2. The third-order valence-electron chi connectivity index (χ3n) is 1.41. The third kappa shape index (κ3) is 7.97. The number of hydrogen-bond donors (Lipinski definition) is 0. The summed E-state index contributed by atoms with van der Waals surface area (Å²) >= 11 is 0. The van der Waals surface area contributed by atoms with Gasteiger partial charge in [-0.1, -0.05) is 6.58 Å². The topological polar surface area (TPSA) is 27.7 Å². The Kier molecular flexibility index (Phi) is 5.00. The second kappa shape index (κ2) is 4.96. The van der Waals surface area contributed by atoms with Gasteiger partial charge in [-0.3, -0.25) is 0 Å². The van der Waals surface area contributed by atoms with Crippen molar-refractivity contribution in [3.05, 3.63) is 12.8 Å². The van der Waals surface area contributed by atoms with Gasteiger partial charge in [0.25, 0.3) is 0 Å². The molecule has 6 heteroatoms. The standard InChI is InChI=1S/C9H24O3Si3/c1-9-10-14(5,6)12-15(7,8)11-13(2,3)4/h9H,1H2,2-8H3. The zero-order chi connectivity index (χ0) is 12.3. The Morgan fingerprint density at radius 2 is 1.27 bits per heavy atom. The summed E-state index contributed by atoms with van der Waals surface area (Å²) < 4.78 is 17.6. The quantitative estimate of drug-likeness (QED) is 0.543. The van der Waals surface area contributed by atoms with E-state index in [-0.39, 0.29) is 0 Å². The van der Waals surface area contributed by atoms with Crippen molar-refractivity contribution in [1.29, 1.82) is 0 Å². The molecule has 90 valence electrons. The molecule has 0 aromatic rings. The van der Waals surface area contributed by atoms with E-state index in [1.807, 2.05) is 13.1 Å². The van der Waals surface area contributed by atoms with Crippen LogP contribution in [0.1, 0.15) is 0 Å². The Bertz CT molecular complexity index is 221. The van der Waals surface area contributed by atoms with Gasteiger partial charge in [0.1, 0.15) is 0 Å². The van der Waals surface area contributed by atoms with Crippen LogP contribution in [-0.4, -0.2) is 25.4 Å². The third-order valence-corrected chi connectivity index (χ3v) is 10.5. The highest BCUT2D eigenvalue weighted by Crippen LogP contribution is 2.20. The zero-order valence-electron chi connectivity index (χ0n) is 11.0. The summed E-state index contributed by atoms with van der Waals surface area (Å²) in [6.45, 7) is 18.3. The van der Waals surface area contributed by atoms with Crippen LogP contribution in [0.4, 0.5) is 0 Å². The summed E-state index contributed by atoms with van der Waals surface area (Å²) in [5.41, 5.74) is 0. The Morgan fingerprint density at radius 3 is 1.60 bits per heavy atom. The van der Waals surface area contributed by atoms with Gasteiger partial charge in [0.2, 0.25) is 0 Å². The van der Waals surface area contributed by atoms with Crippen molar-refractivity contribution in [3.8, 4) is 0 Å².